The number of carbonyl (C=O) groups excluding carboxylic acids is 4. The molecule has 286 valence electrons. The Labute approximate surface area is 324 Å². The van der Waals surface area contributed by atoms with E-state index in [0.717, 1.165) is 5.56 Å². The number of halogens is 2. The first-order valence-electron chi connectivity index (χ1n) is 18.1. The maximum Gasteiger partial charge on any atom is 0.313 e. The molecule has 2 N–H and O–H groups in total. The smallest absolute Gasteiger partial charge is 0.313 e. The van der Waals surface area contributed by atoms with Crippen LogP contribution in [0, 0.1) is 18.8 Å². The molecule has 8 atom stereocenters. The summed E-state index contributed by atoms with van der Waals surface area (Å²) in [5.41, 5.74) is 0.560. The fraction of sp³-hybridized carbons (Fsp3) is 0.500. The molecule has 2 bridgehead atoms. The Morgan fingerprint density at radius 1 is 1.15 bits per heavy atom. The van der Waals surface area contributed by atoms with Crippen molar-refractivity contribution in [1.82, 2.24) is 10.2 Å². The number of unbranched alkanes of at least 4 members (excludes halogenated alkanes) is 2. The first-order valence-corrected chi connectivity index (χ1v) is 19.4. The van der Waals surface area contributed by atoms with Crippen molar-refractivity contribution in [2.24, 2.45) is 11.8 Å². The summed E-state index contributed by atoms with van der Waals surface area (Å²) < 4.78 is 18.6. The monoisotopic (exact) mass is 813 g/mol. The number of hydrogen-bond acceptors (Lipinski definition) is 8. The number of hydrogen-bond donors (Lipinski definition) is 2. The van der Waals surface area contributed by atoms with Crippen molar-refractivity contribution < 1.29 is 38.5 Å². The lowest BCUT2D eigenvalue weighted by atomic mass is 9.70. The van der Waals surface area contributed by atoms with Gasteiger partial charge in [0.2, 0.25) is 11.8 Å². The zero-order chi connectivity index (χ0) is 38.3. The molecular formula is C40H49BrClN3O8. The second kappa shape index (κ2) is 18.2. The molecule has 3 aliphatic heterocycles. The van der Waals surface area contributed by atoms with Gasteiger partial charge in [0.1, 0.15) is 17.7 Å². The molecule has 2 aromatic rings. The summed E-state index contributed by atoms with van der Waals surface area (Å²) in [6.45, 7) is 9.84. The number of benzene rings is 2. The zero-order valence-corrected chi connectivity index (χ0v) is 32.6. The molecule has 3 amide bonds. The molecular weight excluding hydrogens is 766 g/mol. The number of ether oxygens (including phenoxy) is 3. The molecule has 0 aromatic heterocycles. The topological polar surface area (TPSA) is 135 Å². The molecule has 5 rings (SSSR count). The lowest BCUT2D eigenvalue weighted by Crippen LogP contribution is -2.57. The average Bonchev–Trinajstić information content (AvgIpc) is 3.73. The molecule has 3 aliphatic rings. The minimum atomic E-state index is -1.35. The number of carbonyl (C=O) groups is 4. The number of allylic oxidation sites excluding steroid dienone is 1. The molecule has 0 saturated carbocycles. The Hall–Kier alpha value is -3.55. The summed E-state index contributed by atoms with van der Waals surface area (Å²) >= 11 is 10.4. The third-order valence-electron chi connectivity index (χ3n) is 10.4. The van der Waals surface area contributed by atoms with E-state index in [1.54, 1.807) is 46.2 Å². The second-order valence-electron chi connectivity index (χ2n) is 13.8. The number of amides is 3. The van der Waals surface area contributed by atoms with E-state index in [2.05, 4.69) is 34.4 Å². The molecule has 53 heavy (non-hydrogen) atoms. The third kappa shape index (κ3) is 8.27. The van der Waals surface area contributed by atoms with E-state index in [-0.39, 0.29) is 49.4 Å². The number of nitrogens with zero attached hydrogens (tertiary/aromatic N) is 2. The third-order valence-corrected chi connectivity index (χ3v) is 11.5. The van der Waals surface area contributed by atoms with Gasteiger partial charge in [0.05, 0.1) is 41.3 Å². The van der Waals surface area contributed by atoms with Crippen molar-refractivity contribution in [3.63, 3.8) is 0 Å². The van der Waals surface area contributed by atoms with E-state index in [9.17, 15) is 19.5 Å². The maximum atomic E-state index is 15.0. The van der Waals surface area contributed by atoms with Crippen LogP contribution in [0.3, 0.4) is 0 Å². The molecule has 2 aromatic carbocycles. The van der Waals surface area contributed by atoms with Gasteiger partial charge in [-0.05, 0) is 56.2 Å². The van der Waals surface area contributed by atoms with Crippen LogP contribution in [-0.2, 0) is 33.4 Å². The number of rotatable bonds is 19. The minimum absolute atomic E-state index is 0.00704. The highest BCUT2D eigenvalue weighted by Crippen LogP contribution is 2.60. The highest BCUT2D eigenvalue weighted by Gasteiger charge is 2.77. The summed E-state index contributed by atoms with van der Waals surface area (Å²) in [7, 11) is 1.50. The van der Waals surface area contributed by atoms with Gasteiger partial charge in [-0.1, -0.05) is 82.1 Å². The van der Waals surface area contributed by atoms with Crippen LogP contribution in [-0.4, -0.2) is 95.7 Å². The number of nitrogens with one attached hydrogen (secondary N) is 1. The van der Waals surface area contributed by atoms with Crippen LogP contribution in [0.5, 0.6) is 0 Å². The fourth-order valence-corrected chi connectivity index (χ4v) is 9.41. The molecule has 3 heterocycles. The summed E-state index contributed by atoms with van der Waals surface area (Å²) in [5.74, 6) is -3.76. The van der Waals surface area contributed by atoms with Crippen molar-refractivity contribution in [1.29, 1.82) is 0 Å². The van der Waals surface area contributed by atoms with Crippen LogP contribution in [0.25, 0.3) is 0 Å². The molecule has 1 unspecified atom stereocenters. The first-order chi connectivity index (χ1) is 25.5. The van der Waals surface area contributed by atoms with Gasteiger partial charge in [0.25, 0.3) is 5.91 Å². The van der Waals surface area contributed by atoms with Crippen LogP contribution >= 0.6 is 27.5 Å². The average molecular weight is 815 g/mol. The van der Waals surface area contributed by atoms with Crippen LogP contribution in [0.4, 0.5) is 5.69 Å². The Kier molecular flexibility index (Phi) is 13.9. The quantitative estimate of drug-likeness (QED) is 0.0828. The van der Waals surface area contributed by atoms with Crippen LogP contribution in [0.1, 0.15) is 55.8 Å². The highest BCUT2D eigenvalue weighted by molar-refractivity contribution is 9.09. The first kappa shape index (κ1) is 40.6. The number of fused-ring (bicyclic) bond motifs is 1. The lowest BCUT2D eigenvalue weighted by Gasteiger charge is -2.37. The van der Waals surface area contributed by atoms with Crippen molar-refractivity contribution in [2.45, 2.75) is 80.2 Å². The van der Waals surface area contributed by atoms with Crippen LogP contribution < -0.4 is 10.2 Å². The number of anilines is 1. The molecule has 0 aliphatic carbocycles. The van der Waals surface area contributed by atoms with E-state index in [1.807, 2.05) is 31.2 Å². The van der Waals surface area contributed by atoms with Crippen molar-refractivity contribution in [3.8, 4) is 0 Å². The number of esters is 1. The number of likely N-dealkylation sites (tertiary alicyclic amines) is 1. The van der Waals surface area contributed by atoms with E-state index in [0.29, 0.717) is 48.4 Å². The Bertz CT molecular complexity index is 1640. The Morgan fingerprint density at radius 2 is 1.91 bits per heavy atom. The van der Waals surface area contributed by atoms with Gasteiger partial charge >= 0.3 is 5.97 Å². The molecule has 13 heteroatoms. The molecule has 3 fully saturated rings. The number of aliphatic hydroxyl groups is 1. The van der Waals surface area contributed by atoms with Crippen molar-refractivity contribution in [3.05, 3.63) is 90.0 Å². The summed E-state index contributed by atoms with van der Waals surface area (Å²) in [6, 6.07) is 12.6. The van der Waals surface area contributed by atoms with Gasteiger partial charge < -0.3 is 34.4 Å². The Morgan fingerprint density at radius 3 is 2.57 bits per heavy atom. The second-order valence-corrected chi connectivity index (χ2v) is 15.4. The highest BCUT2D eigenvalue weighted by atomic mass is 79.9. The molecule has 11 nitrogen and oxygen atoms in total. The van der Waals surface area contributed by atoms with Gasteiger partial charge in [0.15, 0.2) is 0 Å². The summed E-state index contributed by atoms with van der Waals surface area (Å²) in [6.07, 6.45) is 4.21. The van der Waals surface area contributed by atoms with Gasteiger partial charge in [-0.3, -0.25) is 19.2 Å². The number of aliphatic hydroxyl groups excluding tert-OH is 1. The maximum absolute atomic E-state index is 15.0. The lowest BCUT2D eigenvalue weighted by molar-refractivity contribution is -0.163. The molecule has 3 saturated heterocycles. The van der Waals surface area contributed by atoms with Crippen molar-refractivity contribution >= 4 is 56.9 Å². The number of methoxy groups -OCH3 is 1. The van der Waals surface area contributed by atoms with E-state index in [1.165, 1.54) is 7.11 Å². The van der Waals surface area contributed by atoms with E-state index < -0.39 is 53.6 Å². The van der Waals surface area contributed by atoms with Crippen LogP contribution in [0.15, 0.2) is 73.8 Å². The minimum Gasteiger partial charge on any atom is -0.455 e. The number of alkyl halides is 1. The van der Waals surface area contributed by atoms with Crippen LogP contribution in [0.2, 0.25) is 5.02 Å². The number of para-hydroxylation sites is 1. The SMILES string of the molecule is C=CCCC(=O)N[C@H](COC)[C@H](OC(=O)[C@H]1[C@@H]2O[C@@]3(CC2Br)[C@@H]1C(=O)N(CCCCCO)[C@@H]3C(=O)N(CC=C)c1c(C)cccc1Cl)c1ccccc1. The largest absolute Gasteiger partial charge is 0.455 e. The summed E-state index contributed by atoms with van der Waals surface area (Å²) in [5, 5.41) is 12.8. The van der Waals surface area contributed by atoms with Gasteiger partial charge in [-0.25, -0.2) is 0 Å². The van der Waals surface area contributed by atoms with Crippen molar-refractivity contribution in [2.75, 3.05) is 38.3 Å². The predicted molar refractivity (Wildman–Crippen MR) is 206 cm³/mol. The zero-order valence-electron chi connectivity index (χ0n) is 30.3. The molecule has 1 spiro atoms. The normalized spacial score (nSPS) is 25.4. The summed E-state index contributed by atoms with van der Waals surface area (Å²) in [4.78, 5) is 60.0. The van der Waals surface area contributed by atoms with E-state index in [4.69, 9.17) is 25.8 Å². The predicted octanol–water partition coefficient (Wildman–Crippen LogP) is 5.46. The standard InChI is InChI=1S/C40H49BrClN3O8/c1-5-7-19-30(47)43-29(24-51-4)34(26-16-10-8-11-17-26)52-39(50)31-32-37(48)45(21-12-9-13-22-46)36(40(32)23-27(41)35(31)53-40)38(49)44(20-6-2)33-25(3)15-14-18-28(33)42/h5-6,8,10-11,14-18,27,29,31-32,34-36,46H,1-2,7,9,12-13,19-24H2,3-4H3,(H,43,47)/t27?,29-,31-,32+,34-,35-,36-,40+/m1/s1. The number of aryl methyl sites for hydroxylation is 1. The van der Waals surface area contributed by atoms with Gasteiger partial charge in [-0.15, -0.1) is 13.2 Å². The van der Waals surface area contributed by atoms with E-state index >= 15 is 4.79 Å². The van der Waals surface area contributed by atoms with Gasteiger partial charge in [-0.2, -0.15) is 0 Å². The fourth-order valence-electron chi connectivity index (χ4n) is 8.15. The van der Waals surface area contributed by atoms with Gasteiger partial charge in [0, 0.05) is 38.1 Å². The molecule has 0 radical (unpaired) electrons. The Balaban J connectivity index is 1.54.